The molecule has 0 amide bonds. The molecular formula is C17H18N2O4. The molecule has 0 aliphatic heterocycles. The zero-order valence-electron chi connectivity index (χ0n) is 12.4. The maximum absolute atomic E-state index is 10.8. The molecule has 0 saturated carbocycles. The van der Waals surface area contributed by atoms with Crippen LogP contribution in [-0.2, 0) is 17.6 Å². The summed E-state index contributed by atoms with van der Waals surface area (Å²) < 4.78 is 0. The van der Waals surface area contributed by atoms with Crippen molar-refractivity contribution in [3.8, 4) is 11.5 Å². The normalized spacial score (nSPS) is 12.4. The van der Waals surface area contributed by atoms with Gasteiger partial charge in [0.1, 0.15) is 23.2 Å². The third kappa shape index (κ3) is 4.55. The van der Waals surface area contributed by atoms with E-state index in [2.05, 4.69) is 4.99 Å². The standard InChI is InChI=1S/C17H18N2O4/c18-13(17(22)23)8-12-9-14(16(21)10-15(12)20)19-7-6-11-4-2-1-3-5-11/h1-5,7,9-10,13,20-21H,6,8,18H2,(H,22,23). The molecule has 0 bridgehead atoms. The molecule has 0 aliphatic carbocycles. The number of aliphatic imine (C=N–C) groups is 1. The molecule has 0 heterocycles. The van der Waals surface area contributed by atoms with Crippen molar-refractivity contribution in [2.75, 3.05) is 0 Å². The number of benzene rings is 2. The number of nitrogens with two attached hydrogens (primary N) is 1. The maximum atomic E-state index is 10.8. The molecule has 6 nitrogen and oxygen atoms in total. The molecule has 0 aromatic heterocycles. The van der Waals surface area contributed by atoms with E-state index in [1.807, 2.05) is 30.3 Å². The van der Waals surface area contributed by atoms with Gasteiger partial charge in [-0.1, -0.05) is 30.3 Å². The molecule has 6 heteroatoms. The second-order valence-electron chi connectivity index (χ2n) is 5.12. The molecule has 0 radical (unpaired) electrons. The van der Waals surface area contributed by atoms with Crippen LogP contribution in [0.1, 0.15) is 11.1 Å². The third-order valence-electron chi connectivity index (χ3n) is 3.33. The largest absolute Gasteiger partial charge is 0.508 e. The SMILES string of the molecule is NC(Cc1cc(N=CCc2ccccc2)c(O)cc1O)C(=O)O. The second-order valence-corrected chi connectivity index (χ2v) is 5.12. The number of phenolic OH excluding ortho intramolecular Hbond substituents is 2. The second kappa shape index (κ2) is 7.42. The van der Waals surface area contributed by atoms with E-state index in [0.717, 1.165) is 11.6 Å². The van der Waals surface area contributed by atoms with E-state index in [-0.39, 0.29) is 23.6 Å². The lowest BCUT2D eigenvalue weighted by Gasteiger charge is -2.10. The lowest BCUT2D eigenvalue weighted by Crippen LogP contribution is -2.32. The van der Waals surface area contributed by atoms with Crippen LogP contribution in [0.5, 0.6) is 11.5 Å². The van der Waals surface area contributed by atoms with Gasteiger partial charge in [0.15, 0.2) is 0 Å². The van der Waals surface area contributed by atoms with Gasteiger partial charge in [-0.05, 0) is 17.2 Å². The quantitative estimate of drug-likeness (QED) is 0.609. The molecule has 1 atom stereocenters. The van der Waals surface area contributed by atoms with Crippen molar-refractivity contribution < 1.29 is 20.1 Å². The van der Waals surface area contributed by atoms with Crippen molar-refractivity contribution in [3.63, 3.8) is 0 Å². The predicted octanol–water partition coefficient (Wildman–Crippen LogP) is 2.00. The summed E-state index contributed by atoms with van der Waals surface area (Å²) in [5.74, 6) is -1.55. The highest BCUT2D eigenvalue weighted by Crippen LogP contribution is 2.33. The van der Waals surface area contributed by atoms with Crippen LogP contribution in [0.3, 0.4) is 0 Å². The predicted molar refractivity (Wildman–Crippen MR) is 87.4 cm³/mol. The number of hydrogen-bond acceptors (Lipinski definition) is 5. The average molecular weight is 314 g/mol. The zero-order chi connectivity index (χ0) is 16.8. The summed E-state index contributed by atoms with van der Waals surface area (Å²) in [7, 11) is 0. The van der Waals surface area contributed by atoms with Gasteiger partial charge in [0.25, 0.3) is 0 Å². The van der Waals surface area contributed by atoms with Gasteiger partial charge in [0, 0.05) is 25.1 Å². The van der Waals surface area contributed by atoms with Gasteiger partial charge in [-0.15, -0.1) is 0 Å². The minimum absolute atomic E-state index is 0.0529. The molecule has 0 aliphatic rings. The van der Waals surface area contributed by atoms with Gasteiger partial charge in [0.05, 0.1) is 0 Å². The van der Waals surface area contributed by atoms with Crippen LogP contribution in [0.15, 0.2) is 47.5 Å². The number of hydrogen-bond donors (Lipinski definition) is 4. The summed E-state index contributed by atoms with van der Waals surface area (Å²) in [6, 6.07) is 11.1. The van der Waals surface area contributed by atoms with E-state index in [1.165, 1.54) is 6.07 Å². The van der Waals surface area contributed by atoms with Crippen molar-refractivity contribution in [2.24, 2.45) is 10.7 Å². The molecular weight excluding hydrogens is 296 g/mol. The molecule has 2 rings (SSSR count). The van der Waals surface area contributed by atoms with Crippen LogP contribution >= 0.6 is 0 Å². The van der Waals surface area contributed by atoms with Crippen LogP contribution in [0.2, 0.25) is 0 Å². The van der Waals surface area contributed by atoms with E-state index in [4.69, 9.17) is 10.8 Å². The molecule has 120 valence electrons. The Bertz CT molecular complexity index is 714. The summed E-state index contributed by atoms with van der Waals surface area (Å²) in [5.41, 5.74) is 7.12. The smallest absolute Gasteiger partial charge is 0.320 e. The van der Waals surface area contributed by atoms with Gasteiger partial charge in [-0.25, -0.2) is 0 Å². The topological polar surface area (TPSA) is 116 Å². The first-order valence-electron chi connectivity index (χ1n) is 7.07. The first-order chi connectivity index (χ1) is 11.0. The van der Waals surface area contributed by atoms with Crippen molar-refractivity contribution in [1.82, 2.24) is 0 Å². The highest BCUT2D eigenvalue weighted by molar-refractivity contribution is 5.74. The van der Waals surface area contributed by atoms with Crippen LogP contribution in [-0.4, -0.2) is 33.5 Å². The number of rotatable bonds is 6. The van der Waals surface area contributed by atoms with E-state index in [0.29, 0.717) is 12.0 Å². The number of carboxylic acid groups (broad SMARTS) is 1. The molecule has 5 N–H and O–H groups in total. The van der Waals surface area contributed by atoms with Gasteiger partial charge in [-0.2, -0.15) is 0 Å². The van der Waals surface area contributed by atoms with Crippen LogP contribution < -0.4 is 5.73 Å². The van der Waals surface area contributed by atoms with E-state index >= 15 is 0 Å². The number of carbonyl (C=O) groups is 1. The molecule has 2 aromatic carbocycles. The van der Waals surface area contributed by atoms with E-state index in [9.17, 15) is 15.0 Å². The molecule has 23 heavy (non-hydrogen) atoms. The summed E-state index contributed by atoms with van der Waals surface area (Å²) in [6.07, 6.45) is 2.18. The molecule has 0 saturated heterocycles. The number of carboxylic acids is 1. The number of phenols is 2. The van der Waals surface area contributed by atoms with Crippen molar-refractivity contribution in [2.45, 2.75) is 18.9 Å². The first-order valence-corrected chi connectivity index (χ1v) is 7.07. The number of aliphatic carboxylic acids is 1. The average Bonchev–Trinajstić information content (AvgIpc) is 2.52. The Morgan fingerprint density at radius 1 is 1.17 bits per heavy atom. The summed E-state index contributed by atoms with van der Waals surface area (Å²) in [4.78, 5) is 15.0. The summed E-state index contributed by atoms with van der Waals surface area (Å²) >= 11 is 0. The molecule has 0 spiro atoms. The van der Waals surface area contributed by atoms with Gasteiger partial charge >= 0.3 is 5.97 Å². The van der Waals surface area contributed by atoms with Gasteiger partial charge < -0.3 is 21.1 Å². The third-order valence-corrected chi connectivity index (χ3v) is 3.33. The minimum atomic E-state index is -1.16. The number of aromatic hydroxyl groups is 2. The van der Waals surface area contributed by atoms with Gasteiger partial charge in [0.2, 0.25) is 0 Å². The van der Waals surface area contributed by atoms with E-state index < -0.39 is 12.0 Å². The Morgan fingerprint density at radius 3 is 2.52 bits per heavy atom. The summed E-state index contributed by atoms with van der Waals surface area (Å²) in [5, 5.41) is 28.5. The minimum Gasteiger partial charge on any atom is -0.508 e. The lowest BCUT2D eigenvalue weighted by molar-refractivity contribution is -0.138. The number of nitrogens with zero attached hydrogens (tertiary/aromatic N) is 1. The fraction of sp³-hybridized carbons (Fsp3) is 0.176. The van der Waals surface area contributed by atoms with Crippen LogP contribution in [0, 0.1) is 0 Å². The van der Waals surface area contributed by atoms with Crippen LogP contribution in [0.25, 0.3) is 0 Å². The zero-order valence-corrected chi connectivity index (χ0v) is 12.4. The Balaban J connectivity index is 2.16. The fourth-order valence-electron chi connectivity index (χ4n) is 2.06. The fourth-order valence-corrected chi connectivity index (χ4v) is 2.06. The van der Waals surface area contributed by atoms with Crippen molar-refractivity contribution in [3.05, 3.63) is 53.6 Å². The van der Waals surface area contributed by atoms with Crippen molar-refractivity contribution >= 4 is 17.9 Å². The lowest BCUT2D eigenvalue weighted by atomic mass is 10.0. The van der Waals surface area contributed by atoms with Crippen molar-refractivity contribution in [1.29, 1.82) is 0 Å². The molecule has 2 aromatic rings. The monoisotopic (exact) mass is 314 g/mol. The van der Waals surface area contributed by atoms with Gasteiger partial charge in [-0.3, -0.25) is 9.79 Å². The van der Waals surface area contributed by atoms with E-state index in [1.54, 1.807) is 6.21 Å². The molecule has 1 unspecified atom stereocenters. The highest BCUT2D eigenvalue weighted by Gasteiger charge is 2.16. The Morgan fingerprint density at radius 2 is 1.87 bits per heavy atom. The van der Waals surface area contributed by atoms with Crippen LogP contribution in [0.4, 0.5) is 5.69 Å². The highest BCUT2D eigenvalue weighted by atomic mass is 16.4. The Labute approximate surface area is 133 Å². The summed E-state index contributed by atoms with van der Waals surface area (Å²) in [6.45, 7) is 0. The Hall–Kier alpha value is -2.86. The Kier molecular flexibility index (Phi) is 5.32. The first kappa shape index (κ1) is 16.5. The maximum Gasteiger partial charge on any atom is 0.320 e. The molecule has 0 fully saturated rings.